The first-order valence-electron chi connectivity index (χ1n) is 8.85. The fourth-order valence-corrected chi connectivity index (χ4v) is 3.07. The van der Waals surface area contributed by atoms with Crippen molar-refractivity contribution in [3.8, 4) is 11.5 Å². The van der Waals surface area contributed by atoms with E-state index in [1.54, 1.807) is 31.3 Å². The van der Waals surface area contributed by atoms with E-state index in [-0.39, 0.29) is 30.3 Å². The molecule has 28 heavy (non-hydrogen) atoms. The lowest BCUT2D eigenvalue weighted by molar-refractivity contribution is 0.533. The maximum absolute atomic E-state index is 13.1. The Hall–Kier alpha value is -2.71. The molecule has 1 aliphatic heterocycles. The zero-order valence-electron chi connectivity index (χ0n) is 15.4. The van der Waals surface area contributed by atoms with Crippen LogP contribution >= 0.6 is 12.4 Å². The number of aromatic nitrogens is 3. The van der Waals surface area contributed by atoms with Crippen LogP contribution in [0.3, 0.4) is 0 Å². The van der Waals surface area contributed by atoms with E-state index in [1.807, 2.05) is 0 Å². The van der Waals surface area contributed by atoms with Gasteiger partial charge in [-0.15, -0.1) is 12.4 Å². The highest BCUT2D eigenvalue weighted by atomic mass is 35.5. The van der Waals surface area contributed by atoms with E-state index in [4.69, 9.17) is 4.42 Å². The normalized spacial score (nSPS) is 14.0. The molecule has 1 saturated heterocycles. The van der Waals surface area contributed by atoms with E-state index in [0.717, 1.165) is 31.9 Å². The van der Waals surface area contributed by atoms with Gasteiger partial charge in [-0.05, 0) is 31.2 Å². The minimum Gasteiger partial charge on any atom is -0.441 e. The molecule has 7 nitrogen and oxygen atoms in total. The molecule has 0 aliphatic carbocycles. The zero-order chi connectivity index (χ0) is 18.8. The summed E-state index contributed by atoms with van der Waals surface area (Å²) in [4.78, 5) is 19.1. The van der Waals surface area contributed by atoms with Crippen LogP contribution in [0.15, 0.2) is 45.7 Å². The molecule has 3 aromatic rings. The van der Waals surface area contributed by atoms with Gasteiger partial charge in [0.1, 0.15) is 17.3 Å². The Morgan fingerprint density at radius 2 is 1.93 bits per heavy atom. The Balaban J connectivity index is 0.00000225. The molecule has 1 aromatic carbocycles. The monoisotopic (exact) mass is 405 g/mol. The maximum Gasteiger partial charge on any atom is 0.269 e. The zero-order valence-corrected chi connectivity index (χ0v) is 16.2. The minimum atomic E-state index is -0.317. The minimum absolute atomic E-state index is 0. The van der Waals surface area contributed by atoms with Crippen molar-refractivity contribution in [1.82, 2.24) is 20.1 Å². The highest BCUT2D eigenvalue weighted by molar-refractivity contribution is 5.85. The summed E-state index contributed by atoms with van der Waals surface area (Å²) in [5.41, 5.74) is 1.96. The van der Waals surface area contributed by atoms with Crippen molar-refractivity contribution >= 4 is 18.1 Å². The number of nitrogens with zero attached hydrogens (tertiary/aromatic N) is 4. The van der Waals surface area contributed by atoms with Gasteiger partial charge in [0.05, 0.1) is 18.4 Å². The molecule has 0 amide bonds. The summed E-state index contributed by atoms with van der Waals surface area (Å²) in [7, 11) is 0. The van der Waals surface area contributed by atoms with Crippen LogP contribution in [0.5, 0.6) is 0 Å². The van der Waals surface area contributed by atoms with Gasteiger partial charge in [0, 0.05) is 37.8 Å². The number of benzene rings is 1. The molecule has 3 heterocycles. The molecular formula is C19H21ClFN5O2. The van der Waals surface area contributed by atoms with Crippen molar-refractivity contribution in [2.75, 3.05) is 31.1 Å². The molecule has 148 valence electrons. The number of rotatable bonds is 4. The third-order valence-electron chi connectivity index (χ3n) is 4.62. The first-order valence-corrected chi connectivity index (χ1v) is 8.85. The van der Waals surface area contributed by atoms with Crippen LogP contribution in [0.4, 0.5) is 10.1 Å². The van der Waals surface area contributed by atoms with E-state index in [0.29, 0.717) is 22.9 Å². The average Bonchev–Trinajstić information content (AvgIpc) is 3.05. The molecule has 1 aliphatic rings. The molecule has 4 rings (SSSR count). The number of hydrogen-bond donors (Lipinski definition) is 1. The fourth-order valence-electron chi connectivity index (χ4n) is 3.07. The van der Waals surface area contributed by atoms with Gasteiger partial charge >= 0.3 is 0 Å². The van der Waals surface area contributed by atoms with Crippen molar-refractivity contribution in [3.63, 3.8) is 0 Å². The van der Waals surface area contributed by atoms with E-state index in [9.17, 15) is 9.18 Å². The molecule has 1 fully saturated rings. The van der Waals surface area contributed by atoms with Crippen LogP contribution in [0, 0.1) is 12.7 Å². The highest BCUT2D eigenvalue weighted by Gasteiger charge is 2.15. The summed E-state index contributed by atoms with van der Waals surface area (Å²) in [5.74, 6) is 0.685. The number of halogens is 2. The first-order chi connectivity index (χ1) is 13.1. The van der Waals surface area contributed by atoms with Gasteiger partial charge in [-0.1, -0.05) is 0 Å². The SMILES string of the molecule is Cc1oc(-c2ccc(F)cc2)nc1Cn1ncc(N2CCNCC2)cc1=O.Cl. The van der Waals surface area contributed by atoms with Gasteiger partial charge < -0.3 is 14.6 Å². The standard InChI is InChI=1S/C19H20FN5O2.ClH/c1-13-17(23-19(27-13)14-2-4-15(20)5-3-14)12-25-18(26)10-16(11-22-25)24-8-6-21-7-9-24;/h2-5,10-11,21H,6-9,12H2,1H3;1H. The smallest absolute Gasteiger partial charge is 0.269 e. The van der Waals surface area contributed by atoms with Crippen LogP contribution < -0.4 is 15.8 Å². The maximum atomic E-state index is 13.1. The number of hydrogen-bond acceptors (Lipinski definition) is 6. The number of oxazole rings is 1. The summed E-state index contributed by atoms with van der Waals surface area (Å²) in [6.45, 7) is 5.51. The topological polar surface area (TPSA) is 76.2 Å². The van der Waals surface area contributed by atoms with E-state index >= 15 is 0 Å². The third-order valence-corrected chi connectivity index (χ3v) is 4.62. The van der Waals surface area contributed by atoms with Gasteiger partial charge in [-0.3, -0.25) is 4.79 Å². The molecule has 0 atom stereocenters. The lowest BCUT2D eigenvalue weighted by Crippen LogP contribution is -2.44. The van der Waals surface area contributed by atoms with Gasteiger partial charge in [0.2, 0.25) is 5.89 Å². The Bertz CT molecular complexity index is 996. The Morgan fingerprint density at radius 1 is 1.21 bits per heavy atom. The Kier molecular flexibility index (Phi) is 6.11. The first kappa shape index (κ1) is 20.0. The molecule has 0 spiro atoms. The van der Waals surface area contributed by atoms with Crippen LogP contribution in [0.25, 0.3) is 11.5 Å². The second kappa shape index (κ2) is 8.53. The predicted molar refractivity (Wildman–Crippen MR) is 107 cm³/mol. The number of piperazine rings is 1. The lowest BCUT2D eigenvalue weighted by Gasteiger charge is -2.28. The molecule has 1 N–H and O–H groups in total. The fraction of sp³-hybridized carbons (Fsp3) is 0.316. The quantitative estimate of drug-likeness (QED) is 0.717. The van der Waals surface area contributed by atoms with Crippen molar-refractivity contribution in [2.45, 2.75) is 13.5 Å². The van der Waals surface area contributed by atoms with Crippen LogP contribution in [-0.2, 0) is 6.54 Å². The number of anilines is 1. The van der Waals surface area contributed by atoms with Gasteiger partial charge in [-0.2, -0.15) is 5.10 Å². The second-order valence-electron chi connectivity index (χ2n) is 6.48. The number of aryl methyl sites for hydroxylation is 1. The molecular weight excluding hydrogens is 385 g/mol. The average molecular weight is 406 g/mol. The molecule has 0 radical (unpaired) electrons. The van der Waals surface area contributed by atoms with E-state index in [2.05, 4.69) is 20.3 Å². The molecule has 0 bridgehead atoms. The summed E-state index contributed by atoms with van der Waals surface area (Å²) >= 11 is 0. The van der Waals surface area contributed by atoms with E-state index < -0.39 is 0 Å². The lowest BCUT2D eigenvalue weighted by atomic mass is 10.2. The summed E-state index contributed by atoms with van der Waals surface area (Å²) in [6, 6.07) is 7.54. The largest absolute Gasteiger partial charge is 0.441 e. The highest BCUT2D eigenvalue weighted by Crippen LogP contribution is 2.22. The van der Waals surface area contributed by atoms with Gasteiger partial charge in [-0.25, -0.2) is 14.1 Å². The van der Waals surface area contributed by atoms with Crippen molar-refractivity contribution in [2.24, 2.45) is 0 Å². The summed E-state index contributed by atoms with van der Waals surface area (Å²) < 4.78 is 20.1. The molecule has 2 aromatic heterocycles. The molecule has 0 unspecified atom stereocenters. The Labute approximate surface area is 167 Å². The van der Waals surface area contributed by atoms with Crippen LogP contribution in [0.2, 0.25) is 0 Å². The predicted octanol–water partition coefficient (Wildman–Crippen LogP) is 2.23. The molecule has 9 heteroatoms. The van der Waals surface area contributed by atoms with Gasteiger partial charge in [0.15, 0.2) is 0 Å². The second-order valence-corrected chi connectivity index (χ2v) is 6.48. The van der Waals surface area contributed by atoms with Gasteiger partial charge in [0.25, 0.3) is 5.56 Å². The van der Waals surface area contributed by atoms with Crippen molar-refractivity contribution in [3.05, 3.63) is 64.2 Å². The van der Waals surface area contributed by atoms with Crippen LogP contribution in [0.1, 0.15) is 11.5 Å². The Morgan fingerprint density at radius 3 is 2.61 bits per heavy atom. The van der Waals surface area contributed by atoms with Crippen LogP contribution in [-0.4, -0.2) is 40.9 Å². The summed E-state index contributed by atoms with van der Waals surface area (Å²) in [6.07, 6.45) is 1.71. The molecule has 0 saturated carbocycles. The van der Waals surface area contributed by atoms with Crippen molar-refractivity contribution < 1.29 is 8.81 Å². The third kappa shape index (κ3) is 4.23. The van der Waals surface area contributed by atoms with E-state index in [1.165, 1.54) is 16.8 Å². The number of nitrogens with one attached hydrogen (secondary N) is 1. The van der Waals surface area contributed by atoms with Crippen molar-refractivity contribution in [1.29, 1.82) is 0 Å². The summed E-state index contributed by atoms with van der Waals surface area (Å²) in [5, 5.41) is 7.58.